The molecule has 21 heavy (non-hydrogen) atoms. The fourth-order valence-electron chi connectivity index (χ4n) is 3.83. The van der Waals surface area contributed by atoms with Crippen molar-refractivity contribution >= 4 is 17.3 Å². The van der Waals surface area contributed by atoms with Gasteiger partial charge in [0.2, 0.25) is 0 Å². The third-order valence-corrected chi connectivity index (χ3v) is 5.11. The van der Waals surface area contributed by atoms with Crippen molar-refractivity contribution in [1.82, 2.24) is 5.32 Å². The van der Waals surface area contributed by atoms with Crippen molar-refractivity contribution in [2.24, 2.45) is 5.92 Å². The van der Waals surface area contributed by atoms with Crippen LogP contribution in [0.5, 0.6) is 0 Å². The Morgan fingerprint density at radius 2 is 2.05 bits per heavy atom. The molecule has 0 amide bonds. The summed E-state index contributed by atoms with van der Waals surface area (Å²) in [6, 6.07) is 8.80. The van der Waals surface area contributed by atoms with Crippen LogP contribution in [0.25, 0.3) is 0 Å². The Kier molecular flexibility index (Phi) is 4.67. The normalized spacial score (nSPS) is 29.0. The van der Waals surface area contributed by atoms with E-state index in [9.17, 15) is 5.26 Å². The second-order valence-electron chi connectivity index (χ2n) is 6.20. The minimum atomic E-state index is 0.444. The van der Waals surface area contributed by atoms with E-state index in [0.29, 0.717) is 28.6 Å². The van der Waals surface area contributed by atoms with Crippen molar-refractivity contribution in [2.75, 3.05) is 11.9 Å². The van der Waals surface area contributed by atoms with Gasteiger partial charge in [0.05, 0.1) is 11.3 Å². The molecule has 2 aliphatic rings. The Morgan fingerprint density at radius 3 is 2.81 bits per heavy atom. The van der Waals surface area contributed by atoms with Crippen LogP contribution in [0.1, 0.15) is 44.1 Å². The third-order valence-electron chi connectivity index (χ3n) is 4.88. The minimum absolute atomic E-state index is 0.444. The standard InChI is InChI=1S/C17H22ClN3/c18-13-8-7-12(11-19)17(10-13)21-16-5-2-1-4-14(16)15-6-3-9-20-15/h7-8,10,14-16,20-21H,1-6,9H2. The van der Waals surface area contributed by atoms with E-state index in [0.717, 1.165) is 12.2 Å². The molecule has 2 N–H and O–H groups in total. The molecular weight excluding hydrogens is 282 g/mol. The first kappa shape index (κ1) is 14.7. The number of nitriles is 1. The number of halogens is 1. The van der Waals surface area contributed by atoms with E-state index in [2.05, 4.69) is 16.7 Å². The van der Waals surface area contributed by atoms with E-state index in [1.165, 1.54) is 38.5 Å². The van der Waals surface area contributed by atoms with Gasteiger partial charge in [-0.15, -0.1) is 0 Å². The topological polar surface area (TPSA) is 47.9 Å². The summed E-state index contributed by atoms with van der Waals surface area (Å²) in [5, 5.41) is 17.2. The molecule has 3 unspecified atom stereocenters. The summed E-state index contributed by atoms with van der Waals surface area (Å²) in [5.41, 5.74) is 1.57. The zero-order valence-corrected chi connectivity index (χ0v) is 13.0. The fourth-order valence-corrected chi connectivity index (χ4v) is 4.00. The molecule has 0 radical (unpaired) electrons. The Bertz CT molecular complexity index is 531. The van der Waals surface area contributed by atoms with Gasteiger partial charge in [0, 0.05) is 17.1 Å². The van der Waals surface area contributed by atoms with Gasteiger partial charge in [0.1, 0.15) is 6.07 Å². The zero-order chi connectivity index (χ0) is 14.7. The maximum atomic E-state index is 9.27. The average molecular weight is 304 g/mol. The van der Waals surface area contributed by atoms with E-state index in [1.54, 1.807) is 12.1 Å². The van der Waals surface area contributed by atoms with Gasteiger partial charge in [-0.05, 0) is 56.3 Å². The number of nitrogens with one attached hydrogen (secondary N) is 2. The summed E-state index contributed by atoms with van der Waals surface area (Å²) in [6.07, 6.45) is 7.61. The first-order valence-electron chi connectivity index (χ1n) is 7.97. The largest absolute Gasteiger partial charge is 0.381 e. The molecule has 1 aliphatic carbocycles. The summed E-state index contributed by atoms with van der Waals surface area (Å²) in [7, 11) is 0. The summed E-state index contributed by atoms with van der Waals surface area (Å²) < 4.78 is 0. The maximum absolute atomic E-state index is 9.27. The van der Waals surface area contributed by atoms with Gasteiger partial charge in [-0.3, -0.25) is 0 Å². The second-order valence-corrected chi connectivity index (χ2v) is 6.64. The molecule has 1 heterocycles. The lowest BCUT2D eigenvalue weighted by molar-refractivity contribution is 0.262. The van der Waals surface area contributed by atoms with Crippen LogP contribution in [-0.4, -0.2) is 18.6 Å². The highest BCUT2D eigenvalue weighted by Crippen LogP contribution is 2.33. The maximum Gasteiger partial charge on any atom is 0.101 e. The fraction of sp³-hybridized carbons (Fsp3) is 0.588. The lowest BCUT2D eigenvalue weighted by atomic mass is 9.79. The molecule has 1 aliphatic heterocycles. The summed E-state index contributed by atoms with van der Waals surface area (Å²) >= 11 is 6.09. The number of hydrogen-bond acceptors (Lipinski definition) is 3. The van der Waals surface area contributed by atoms with Crippen molar-refractivity contribution < 1.29 is 0 Å². The molecule has 1 saturated carbocycles. The number of hydrogen-bond donors (Lipinski definition) is 2. The molecule has 3 nitrogen and oxygen atoms in total. The third kappa shape index (κ3) is 3.33. The molecule has 1 saturated heterocycles. The molecule has 1 aromatic rings. The SMILES string of the molecule is N#Cc1ccc(Cl)cc1NC1CCCCC1C1CCCN1. The van der Waals surface area contributed by atoms with Gasteiger partial charge in [-0.1, -0.05) is 24.4 Å². The van der Waals surface area contributed by atoms with Crippen LogP contribution >= 0.6 is 11.6 Å². The van der Waals surface area contributed by atoms with Crippen molar-refractivity contribution in [3.8, 4) is 6.07 Å². The molecule has 1 aromatic carbocycles. The number of nitrogens with zero attached hydrogens (tertiary/aromatic N) is 1. The van der Waals surface area contributed by atoms with Crippen LogP contribution < -0.4 is 10.6 Å². The van der Waals surface area contributed by atoms with Crippen molar-refractivity contribution in [3.05, 3.63) is 28.8 Å². The second kappa shape index (κ2) is 6.68. The van der Waals surface area contributed by atoms with Crippen molar-refractivity contribution in [2.45, 2.75) is 50.6 Å². The highest BCUT2D eigenvalue weighted by Gasteiger charge is 2.33. The molecular formula is C17H22ClN3. The van der Waals surface area contributed by atoms with E-state index in [1.807, 2.05) is 6.07 Å². The summed E-state index contributed by atoms with van der Waals surface area (Å²) in [5.74, 6) is 0.659. The Balaban J connectivity index is 1.78. The molecule has 0 spiro atoms. The van der Waals surface area contributed by atoms with Crippen LogP contribution in [0.15, 0.2) is 18.2 Å². The predicted octanol–water partition coefficient (Wildman–Crippen LogP) is 3.93. The van der Waals surface area contributed by atoms with Gasteiger partial charge in [-0.2, -0.15) is 5.26 Å². The van der Waals surface area contributed by atoms with Crippen LogP contribution in [0, 0.1) is 17.2 Å². The molecule has 3 rings (SSSR count). The molecule has 4 heteroatoms. The Morgan fingerprint density at radius 1 is 1.19 bits per heavy atom. The molecule has 0 aromatic heterocycles. The van der Waals surface area contributed by atoms with Crippen LogP contribution in [0.2, 0.25) is 5.02 Å². The van der Waals surface area contributed by atoms with E-state index in [4.69, 9.17) is 11.6 Å². The predicted molar refractivity (Wildman–Crippen MR) is 86.6 cm³/mol. The Labute approximate surface area is 131 Å². The van der Waals surface area contributed by atoms with Gasteiger partial charge < -0.3 is 10.6 Å². The smallest absolute Gasteiger partial charge is 0.101 e. The lowest BCUT2D eigenvalue weighted by Crippen LogP contribution is -2.43. The molecule has 0 bridgehead atoms. The summed E-state index contributed by atoms with van der Waals surface area (Å²) in [6.45, 7) is 1.15. The highest BCUT2D eigenvalue weighted by molar-refractivity contribution is 6.30. The molecule has 2 fully saturated rings. The monoisotopic (exact) mass is 303 g/mol. The van der Waals surface area contributed by atoms with Gasteiger partial charge >= 0.3 is 0 Å². The molecule has 112 valence electrons. The van der Waals surface area contributed by atoms with Crippen molar-refractivity contribution in [3.63, 3.8) is 0 Å². The van der Waals surface area contributed by atoms with Crippen LogP contribution in [0.4, 0.5) is 5.69 Å². The average Bonchev–Trinajstić information content (AvgIpc) is 3.02. The first-order chi connectivity index (χ1) is 10.3. The highest BCUT2D eigenvalue weighted by atomic mass is 35.5. The lowest BCUT2D eigenvalue weighted by Gasteiger charge is -2.37. The van der Waals surface area contributed by atoms with Gasteiger partial charge in [0.15, 0.2) is 0 Å². The van der Waals surface area contributed by atoms with Crippen LogP contribution in [0.3, 0.4) is 0 Å². The van der Waals surface area contributed by atoms with E-state index < -0.39 is 0 Å². The number of benzene rings is 1. The van der Waals surface area contributed by atoms with Gasteiger partial charge in [-0.25, -0.2) is 0 Å². The van der Waals surface area contributed by atoms with E-state index in [-0.39, 0.29) is 0 Å². The Hall–Kier alpha value is -1.24. The number of anilines is 1. The molecule has 3 atom stereocenters. The summed E-state index contributed by atoms with van der Waals surface area (Å²) in [4.78, 5) is 0. The first-order valence-corrected chi connectivity index (χ1v) is 8.35. The van der Waals surface area contributed by atoms with Crippen molar-refractivity contribution in [1.29, 1.82) is 5.26 Å². The zero-order valence-electron chi connectivity index (χ0n) is 12.2. The minimum Gasteiger partial charge on any atom is -0.381 e. The van der Waals surface area contributed by atoms with Gasteiger partial charge in [0.25, 0.3) is 0 Å². The number of rotatable bonds is 3. The quantitative estimate of drug-likeness (QED) is 0.889. The van der Waals surface area contributed by atoms with E-state index >= 15 is 0 Å². The van der Waals surface area contributed by atoms with Crippen LogP contribution in [-0.2, 0) is 0 Å².